The number of carbonyl (C=O) groups excluding carboxylic acids is 1. The van der Waals surface area contributed by atoms with Crippen molar-refractivity contribution in [2.45, 2.75) is 13.0 Å². The number of imidazole rings is 1. The third kappa shape index (κ3) is 4.20. The molecule has 0 aliphatic carbocycles. The molecule has 0 aliphatic rings. The molecule has 0 bridgehead atoms. The smallest absolute Gasteiger partial charge is 0.315 e. The number of nitrogens with one attached hydrogen (secondary N) is 2. The van der Waals surface area contributed by atoms with Gasteiger partial charge in [-0.3, -0.25) is 0 Å². The summed E-state index contributed by atoms with van der Waals surface area (Å²) in [6.45, 7) is 0.835. The van der Waals surface area contributed by atoms with Gasteiger partial charge < -0.3 is 15.2 Å². The van der Waals surface area contributed by atoms with E-state index in [-0.39, 0.29) is 18.4 Å². The number of nitrogens with zero attached hydrogens (tertiary/aromatic N) is 2. The summed E-state index contributed by atoms with van der Waals surface area (Å²) < 4.78 is 15.7. The Labute approximate surface area is 143 Å². The molecule has 2 N–H and O–H groups in total. The summed E-state index contributed by atoms with van der Waals surface area (Å²) in [5.41, 5.74) is 2.33. The lowest BCUT2D eigenvalue weighted by molar-refractivity contribution is 0.240. The van der Waals surface area contributed by atoms with Crippen LogP contribution < -0.4 is 10.6 Å². The van der Waals surface area contributed by atoms with Crippen LogP contribution in [0.15, 0.2) is 53.7 Å². The average molecular weight is 344 g/mol. The molecule has 3 aromatic rings. The van der Waals surface area contributed by atoms with Crippen LogP contribution in [0.2, 0.25) is 0 Å². The summed E-state index contributed by atoms with van der Waals surface area (Å²) in [5.74, 6) is -0.356. The van der Waals surface area contributed by atoms with Crippen LogP contribution in [0.1, 0.15) is 11.1 Å². The number of carbonyl (C=O) groups is 1. The summed E-state index contributed by atoms with van der Waals surface area (Å²) in [4.78, 5) is 15.7. The molecule has 7 heteroatoms. The Hall–Kier alpha value is -2.67. The molecule has 2 aromatic heterocycles. The van der Waals surface area contributed by atoms with E-state index in [2.05, 4.69) is 21.0 Å². The van der Waals surface area contributed by atoms with Gasteiger partial charge in [0.05, 0.1) is 12.0 Å². The zero-order chi connectivity index (χ0) is 16.8. The van der Waals surface area contributed by atoms with Crippen molar-refractivity contribution in [3.8, 4) is 5.69 Å². The number of rotatable bonds is 6. The van der Waals surface area contributed by atoms with E-state index in [1.807, 2.05) is 11.4 Å². The van der Waals surface area contributed by atoms with E-state index < -0.39 is 0 Å². The third-order valence-electron chi connectivity index (χ3n) is 3.53. The second-order valence-electron chi connectivity index (χ2n) is 5.25. The Kier molecular flexibility index (Phi) is 5.22. The molecule has 0 radical (unpaired) electrons. The lowest BCUT2D eigenvalue weighted by atomic mass is 10.2. The normalized spacial score (nSPS) is 10.5. The highest BCUT2D eigenvalue weighted by atomic mass is 32.1. The maximum Gasteiger partial charge on any atom is 0.315 e. The monoisotopic (exact) mass is 344 g/mol. The van der Waals surface area contributed by atoms with E-state index in [0.717, 1.165) is 6.42 Å². The van der Waals surface area contributed by atoms with Crippen molar-refractivity contribution in [1.82, 2.24) is 20.2 Å². The molecular weight excluding hydrogens is 327 g/mol. The Morgan fingerprint density at radius 3 is 2.88 bits per heavy atom. The van der Waals surface area contributed by atoms with E-state index in [1.54, 1.807) is 40.4 Å². The van der Waals surface area contributed by atoms with E-state index in [1.165, 1.54) is 18.0 Å². The first-order valence-electron chi connectivity index (χ1n) is 7.52. The average Bonchev–Trinajstić information content (AvgIpc) is 3.26. The molecule has 0 atom stereocenters. The highest BCUT2D eigenvalue weighted by molar-refractivity contribution is 7.07. The lowest BCUT2D eigenvalue weighted by Crippen LogP contribution is -2.36. The fourth-order valence-electron chi connectivity index (χ4n) is 2.27. The van der Waals surface area contributed by atoms with Gasteiger partial charge in [0.15, 0.2) is 0 Å². The van der Waals surface area contributed by atoms with Crippen LogP contribution in [0.25, 0.3) is 5.69 Å². The van der Waals surface area contributed by atoms with Gasteiger partial charge in [0.1, 0.15) is 5.82 Å². The van der Waals surface area contributed by atoms with Gasteiger partial charge in [0.25, 0.3) is 0 Å². The van der Waals surface area contributed by atoms with Crippen LogP contribution in [-0.2, 0) is 13.0 Å². The number of halogens is 1. The number of hydrogen-bond donors (Lipinski definition) is 2. The second kappa shape index (κ2) is 7.74. The predicted octanol–water partition coefficient (Wildman–Crippen LogP) is 3.11. The molecule has 2 heterocycles. The van der Waals surface area contributed by atoms with Crippen molar-refractivity contribution in [3.63, 3.8) is 0 Å². The maximum atomic E-state index is 14.1. The van der Waals surface area contributed by atoms with Crippen LogP contribution in [0.5, 0.6) is 0 Å². The van der Waals surface area contributed by atoms with Crippen molar-refractivity contribution < 1.29 is 9.18 Å². The van der Waals surface area contributed by atoms with Crippen LogP contribution in [0.4, 0.5) is 9.18 Å². The number of amides is 2. The maximum absolute atomic E-state index is 14.1. The van der Waals surface area contributed by atoms with Crippen LogP contribution >= 0.6 is 11.3 Å². The molecule has 0 unspecified atom stereocenters. The highest BCUT2D eigenvalue weighted by Crippen LogP contribution is 2.14. The fraction of sp³-hybridized carbons (Fsp3) is 0.176. The highest BCUT2D eigenvalue weighted by Gasteiger charge is 2.06. The fourth-order valence-corrected chi connectivity index (χ4v) is 2.97. The van der Waals surface area contributed by atoms with E-state index in [9.17, 15) is 9.18 Å². The Bertz CT molecular complexity index is 787. The SMILES string of the molecule is O=C(NCCc1ccsc1)NCc1ccc(-n2ccnc2)c(F)c1. The zero-order valence-electron chi connectivity index (χ0n) is 12.9. The Balaban J connectivity index is 1.47. The molecule has 0 fully saturated rings. The van der Waals surface area contributed by atoms with Crippen molar-refractivity contribution in [1.29, 1.82) is 0 Å². The van der Waals surface area contributed by atoms with Gasteiger partial charge in [-0.05, 0) is 46.5 Å². The summed E-state index contributed by atoms with van der Waals surface area (Å²) in [7, 11) is 0. The van der Waals surface area contributed by atoms with E-state index in [0.29, 0.717) is 17.8 Å². The van der Waals surface area contributed by atoms with E-state index in [4.69, 9.17) is 0 Å². The zero-order valence-corrected chi connectivity index (χ0v) is 13.7. The van der Waals surface area contributed by atoms with Crippen molar-refractivity contribution >= 4 is 17.4 Å². The first-order chi connectivity index (χ1) is 11.7. The summed E-state index contributed by atoms with van der Waals surface area (Å²) in [5, 5.41) is 9.59. The van der Waals surface area contributed by atoms with Gasteiger partial charge in [0.2, 0.25) is 0 Å². The van der Waals surface area contributed by atoms with Crippen LogP contribution in [0, 0.1) is 5.82 Å². The molecule has 0 aliphatic heterocycles. The molecule has 1 aromatic carbocycles. The van der Waals surface area contributed by atoms with Crippen LogP contribution in [0.3, 0.4) is 0 Å². The number of hydrogen-bond acceptors (Lipinski definition) is 3. The number of thiophene rings is 1. The van der Waals surface area contributed by atoms with Crippen molar-refractivity contribution in [2.75, 3.05) is 6.54 Å². The quantitative estimate of drug-likeness (QED) is 0.722. The molecular formula is C17H17FN4OS. The summed E-state index contributed by atoms with van der Waals surface area (Å²) >= 11 is 1.64. The molecule has 24 heavy (non-hydrogen) atoms. The molecule has 0 spiro atoms. The standard InChI is InChI=1S/C17H17FN4OS/c18-15-9-14(1-2-16(15)22-7-6-19-12-22)10-21-17(23)20-5-3-13-4-8-24-11-13/h1-2,4,6-9,11-12H,3,5,10H2,(H2,20,21,23). The number of benzene rings is 1. The van der Waals surface area contributed by atoms with Gasteiger partial charge in [-0.2, -0.15) is 11.3 Å². The Morgan fingerprint density at radius 2 is 2.17 bits per heavy atom. The van der Waals surface area contributed by atoms with Crippen LogP contribution in [-0.4, -0.2) is 22.1 Å². The van der Waals surface area contributed by atoms with Gasteiger partial charge in [0, 0.05) is 25.5 Å². The van der Waals surface area contributed by atoms with Gasteiger partial charge >= 0.3 is 6.03 Å². The summed E-state index contributed by atoms with van der Waals surface area (Å²) in [6.07, 6.45) is 5.61. The predicted molar refractivity (Wildman–Crippen MR) is 91.8 cm³/mol. The molecule has 2 amide bonds. The Morgan fingerprint density at radius 1 is 1.25 bits per heavy atom. The molecule has 124 valence electrons. The lowest BCUT2D eigenvalue weighted by Gasteiger charge is -2.09. The molecule has 0 saturated heterocycles. The largest absolute Gasteiger partial charge is 0.338 e. The third-order valence-corrected chi connectivity index (χ3v) is 4.26. The second-order valence-corrected chi connectivity index (χ2v) is 6.03. The van der Waals surface area contributed by atoms with Gasteiger partial charge in [-0.15, -0.1) is 0 Å². The first-order valence-corrected chi connectivity index (χ1v) is 8.46. The van der Waals surface area contributed by atoms with Gasteiger partial charge in [-0.1, -0.05) is 6.07 Å². The minimum Gasteiger partial charge on any atom is -0.338 e. The van der Waals surface area contributed by atoms with Gasteiger partial charge in [-0.25, -0.2) is 14.2 Å². The number of aromatic nitrogens is 2. The van der Waals surface area contributed by atoms with Crippen molar-refractivity contribution in [2.24, 2.45) is 0 Å². The first kappa shape index (κ1) is 16.2. The molecule has 5 nitrogen and oxygen atoms in total. The topological polar surface area (TPSA) is 59.0 Å². The molecule has 3 rings (SSSR count). The minimum absolute atomic E-state index is 0.260. The minimum atomic E-state index is -0.356. The molecule has 0 saturated carbocycles. The number of urea groups is 1. The van der Waals surface area contributed by atoms with Crippen molar-refractivity contribution in [3.05, 3.63) is 70.7 Å². The van der Waals surface area contributed by atoms with E-state index >= 15 is 0 Å². The summed E-state index contributed by atoms with van der Waals surface area (Å²) in [6, 6.07) is 6.65.